The number of likely N-dealkylation sites (tertiary alicyclic amines) is 1. The fraction of sp³-hybridized carbons (Fsp3) is 0.435. The van der Waals surface area contributed by atoms with Gasteiger partial charge in [0.25, 0.3) is 0 Å². The van der Waals surface area contributed by atoms with Crippen molar-refractivity contribution >= 4 is 17.4 Å². The van der Waals surface area contributed by atoms with Gasteiger partial charge in [-0.15, -0.1) is 0 Å². The molecule has 3 rings (SSSR count). The molecular formula is C23H32N4O2. The first-order valence-corrected chi connectivity index (χ1v) is 10.4. The Balaban J connectivity index is 1.66. The van der Waals surface area contributed by atoms with Crippen molar-refractivity contribution in [1.29, 1.82) is 0 Å². The van der Waals surface area contributed by atoms with E-state index in [9.17, 15) is 4.79 Å². The van der Waals surface area contributed by atoms with Crippen molar-refractivity contribution < 1.29 is 9.53 Å². The number of carbonyl (C=O) groups is 1. The molecule has 1 atom stereocenters. The molecule has 6 nitrogen and oxygen atoms in total. The molecule has 2 aromatic rings. The number of hydrogen-bond acceptors (Lipinski definition) is 4. The summed E-state index contributed by atoms with van der Waals surface area (Å²) in [6.45, 7) is 5.18. The van der Waals surface area contributed by atoms with Crippen LogP contribution in [0, 0.1) is 0 Å². The molecule has 0 bridgehead atoms. The van der Waals surface area contributed by atoms with Crippen molar-refractivity contribution in [2.75, 3.05) is 50.6 Å². The van der Waals surface area contributed by atoms with E-state index >= 15 is 0 Å². The minimum Gasteiger partial charge on any atom is -0.492 e. The van der Waals surface area contributed by atoms with Gasteiger partial charge in [0.15, 0.2) is 0 Å². The topological polar surface area (TPSA) is 56.8 Å². The fourth-order valence-corrected chi connectivity index (χ4v) is 3.71. The highest BCUT2D eigenvalue weighted by molar-refractivity contribution is 5.90. The lowest BCUT2D eigenvalue weighted by Gasteiger charge is -2.28. The average Bonchev–Trinajstić information content (AvgIpc) is 3.25. The first-order chi connectivity index (χ1) is 14.1. The van der Waals surface area contributed by atoms with Gasteiger partial charge in [-0.05, 0) is 62.7 Å². The summed E-state index contributed by atoms with van der Waals surface area (Å²) in [5.41, 5.74) is 3.08. The van der Waals surface area contributed by atoms with E-state index in [1.165, 1.54) is 24.1 Å². The summed E-state index contributed by atoms with van der Waals surface area (Å²) in [5, 5.41) is 5.97. The molecule has 0 aliphatic carbocycles. The minimum atomic E-state index is -0.216. The van der Waals surface area contributed by atoms with Crippen LogP contribution in [0.5, 0.6) is 5.75 Å². The highest BCUT2D eigenvalue weighted by Gasteiger charge is 2.24. The van der Waals surface area contributed by atoms with Gasteiger partial charge in [0, 0.05) is 26.3 Å². The molecule has 1 fully saturated rings. The van der Waals surface area contributed by atoms with E-state index in [1.54, 1.807) is 0 Å². The van der Waals surface area contributed by atoms with Gasteiger partial charge in [0.2, 0.25) is 0 Å². The molecule has 156 valence electrons. The molecule has 6 heteroatoms. The van der Waals surface area contributed by atoms with Gasteiger partial charge in [-0.2, -0.15) is 0 Å². The smallest absolute Gasteiger partial charge is 0.319 e. The maximum atomic E-state index is 12.6. The van der Waals surface area contributed by atoms with Crippen LogP contribution in [-0.4, -0.2) is 51.3 Å². The SMILES string of the molecule is CCOc1ccccc1NC(=O)NCC(c1ccc(N(C)C)cc1)N1CCCC1. The first-order valence-electron chi connectivity index (χ1n) is 10.4. The van der Waals surface area contributed by atoms with E-state index in [-0.39, 0.29) is 12.1 Å². The van der Waals surface area contributed by atoms with Crippen LogP contribution < -0.4 is 20.3 Å². The Hall–Kier alpha value is -2.73. The van der Waals surface area contributed by atoms with Gasteiger partial charge in [-0.3, -0.25) is 4.90 Å². The van der Waals surface area contributed by atoms with Crippen LogP contribution in [0.4, 0.5) is 16.2 Å². The Labute approximate surface area is 173 Å². The van der Waals surface area contributed by atoms with Crippen LogP contribution in [0.25, 0.3) is 0 Å². The summed E-state index contributed by atoms with van der Waals surface area (Å²) >= 11 is 0. The number of anilines is 2. The minimum absolute atomic E-state index is 0.168. The van der Waals surface area contributed by atoms with E-state index in [0.29, 0.717) is 24.6 Å². The predicted octanol–water partition coefficient (Wildman–Crippen LogP) is 4.11. The largest absolute Gasteiger partial charge is 0.492 e. The van der Waals surface area contributed by atoms with Crippen LogP contribution >= 0.6 is 0 Å². The molecule has 2 N–H and O–H groups in total. The highest BCUT2D eigenvalue weighted by Crippen LogP contribution is 2.27. The van der Waals surface area contributed by atoms with Gasteiger partial charge >= 0.3 is 6.03 Å². The van der Waals surface area contributed by atoms with Gasteiger partial charge in [0.05, 0.1) is 18.3 Å². The van der Waals surface area contributed by atoms with Crippen LogP contribution in [-0.2, 0) is 0 Å². The number of nitrogens with one attached hydrogen (secondary N) is 2. The van der Waals surface area contributed by atoms with Crippen molar-refractivity contribution in [3.05, 3.63) is 54.1 Å². The lowest BCUT2D eigenvalue weighted by atomic mass is 10.0. The van der Waals surface area contributed by atoms with E-state index in [1.807, 2.05) is 45.3 Å². The third-order valence-electron chi connectivity index (χ3n) is 5.27. The number of para-hydroxylation sites is 2. The molecule has 1 heterocycles. The quantitative estimate of drug-likeness (QED) is 0.705. The van der Waals surface area contributed by atoms with Crippen molar-refractivity contribution in [1.82, 2.24) is 10.2 Å². The predicted molar refractivity (Wildman–Crippen MR) is 119 cm³/mol. The normalized spacial score (nSPS) is 15.0. The summed E-state index contributed by atoms with van der Waals surface area (Å²) in [5.74, 6) is 0.681. The fourth-order valence-electron chi connectivity index (χ4n) is 3.71. The second-order valence-corrected chi connectivity index (χ2v) is 7.51. The average molecular weight is 397 g/mol. The Morgan fingerprint density at radius 1 is 1.10 bits per heavy atom. The third-order valence-corrected chi connectivity index (χ3v) is 5.27. The number of ether oxygens (including phenoxy) is 1. The summed E-state index contributed by atoms with van der Waals surface area (Å²) in [4.78, 5) is 17.1. The zero-order valence-electron chi connectivity index (χ0n) is 17.6. The van der Waals surface area contributed by atoms with Crippen molar-refractivity contribution in [2.24, 2.45) is 0 Å². The van der Waals surface area contributed by atoms with E-state index < -0.39 is 0 Å². The Morgan fingerprint density at radius 2 is 1.79 bits per heavy atom. The molecular weight excluding hydrogens is 364 g/mol. The van der Waals surface area contributed by atoms with E-state index in [2.05, 4.69) is 44.7 Å². The van der Waals surface area contributed by atoms with Crippen molar-refractivity contribution in [3.8, 4) is 5.75 Å². The molecule has 1 saturated heterocycles. The summed E-state index contributed by atoms with van der Waals surface area (Å²) in [6.07, 6.45) is 2.42. The molecule has 0 aromatic heterocycles. The monoisotopic (exact) mass is 396 g/mol. The van der Waals surface area contributed by atoms with Crippen LogP contribution in [0.3, 0.4) is 0 Å². The van der Waals surface area contributed by atoms with Crippen molar-refractivity contribution in [3.63, 3.8) is 0 Å². The number of nitrogens with zero attached hydrogens (tertiary/aromatic N) is 2. The molecule has 1 aliphatic heterocycles. The van der Waals surface area contributed by atoms with Gasteiger partial charge in [0.1, 0.15) is 5.75 Å². The second-order valence-electron chi connectivity index (χ2n) is 7.51. The Kier molecular flexibility index (Phi) is 7.36. The molecule has 0 spiro atoms. The van der Waals surface area contributed by atoms with E-state index in [4.69, 9.17) is 4.74 Å². The maximum Gasteiger partial charge on any atom is 0.319 e. The standard InChI is InChI=1S/C23H32N4O2/c1-4-29-22-10-6-5-9-20(22)25-23(28)24-17-21(27-15-7-8-16-27)18-11-13-19(14-12-18)26(2)3/h5-6,9-14,21H,4,7-8,15-17H2,1-3H3,(H2,24,25,28). The van der Waals surface area contributed by atoms with Gasteiger partial charge in [-0.1, -0.05) is 24.3 Å². The zero-order chi connectivity index (χ0) is 20.6. The van der Waals surface area contributed by atoms with Gasteiger partial charge < -0.3 is 20.3 Å². The number of hydrogen-bond donors (Lipinski definition) is 2. The number of amides is 2. The number of urea groups is 1. The Morgan fingerprint density at radius 3 is 2.45 bits per heavy atom. The van der Waals surface area contributed by atoms with Gasteiger partial charge in [-0.25, -0.2) is 4.79 Å². The summed E-state index contributed by atoms with van der Waals surface area (Å²) in [6, 6.07) is 16.1. The van der Waals surface area contributed by atoms with Crippen LogP contribution in [0.15, 0.2) is 48.5 Å². The molecule has 2 aromatic carbocycles. The Bertz CT molecular complexity index is 786. The molecule has 29 heavy (non-hydrogen) atoms. The molecule has 2 amide bonds. The zero-order valence-corrected chi connectivity index (χ0v) is 17.6. The third kappa shape index (κ3) is 5.64. The molecule has 0 saturated carbocycles. The number of carbonyl (C=O) groups excluding carboxylic acids is 1. The number of rotatable bonds is 8. The van der Waals surface area contributed by atoms with Crippen molar-refractivity contribution in [2.45, 2.75) is 25.8 Å². The first kappa shape index (κ1) is 21.0. The maximum absolute atomic E-state index is 12.6. The van der Waals surface area contributed by atoms with E-state index in [0.717, 1.165) is 13.1 Å². The summed E-state index contributed by atoms with van der Waals surface area (Å²) < 4.78 is 5.59. The number of benzene rings is 2. The lowest BCUT2D eigenvalue weighted by molar-refractivity contribution is 0.227. The lowest BCUT2D eigenvalue weighted by Crippen LogP contribution is -2.38. The molecule has 1 unspecified atom stereocenters. The molecule has 1 aliphatic rings. The highest BCUT2D eigenvalue weighted by atomic mass is 16.5. The second kappa shape index (κ2) is 10.2. The molecule has 0 radical (unpaired) electrons. The summed E-state index contributed by atoms with van der Waals surface area (Å²) in [7, 11) is 4.08. The van der Waals surface area contributed by atoms with Crippen LogP contribution in [0.1, 0.15) is 31.4 Å². The van der Waals surface area contributed by atoms with Crippen LogP contribution in [0.2, 0.25) is 0 Å².